The number of pyridine rings is 1. The van der Waals surface area contributed by atoms with Gasteiger partial charge in [-0.25, -0.2) is 17.2 Å². The van der Waals surface area contributed by atoms with Gasteiger partial charge in [-0.2, -0.15) is 0 Å². The van der Waals surface area contributed by atoms with E-state index in [2.05, 4.69) is 10.1 Å². The van der Waals surface area contributed by atoms with E-state index in [1.807, 2.05) is 6.92 Å². The van der Waals surface area contributed by atoms with Crippen molar-refractivity contribution in [1.29, 1.82) is 0 Å². The molecule has 0 unspecified atom stereocenters. The number of hydrogen-bond donors (Lipinski definition) is 1. The first-order valence-electron chi connectivity index (χ1n) is 10.4. The molecule has 0 amide bonds. The second-order valence-electron chi connectivity index (χ2n) is 7.83. The molecule has 0 saturated heterocycles. The highest BCUT2D eigenvalue weighted by molar-refractivity contribution is 7.90. The summed E-state index contributed by atoms with van der Waals surface area (Å²) >= 11 is 0. The van der Waals surface area contributed by atoms with Gasteiger partial charge in [0.15, 0.2) is 0 Å². The van der Waals surface area contributed by atoms with Gasteiger partial charge < -0.3 is 9.63 Å². The first-order chi connectivity index (χ1) is 16.3. The molecule has 0 saturated carbocycles. The maximum atomic E-state index is 13.6. The van der Waals surface area contributed by atoms with Crippen LogP contribution in [0.2, 0.25) is 0 Å². The van der Waals surface area contributed by atoms with Crippen molar-refractivity contribution >= 4 is 27.0 Å². The third-order valence-electron chi connectivity index (χ3n) is 5.67. The first-order valence-corrected chi connectivity index (χ1v) is 11.8. The number of hydrogen-bond acceptors (Lipinski definition) is 6. The molecule has 0 aliphatic rings. The number of nitrogens with zero attached hydrogens (tertiary/aromatic N) is 3. The van der Waals surface area contributed by atoms with Crippen LogP contribution in [0.1, 0.15) is 21.8 Å². The Labute approximate surface area is 195 Å². The van der Waals surface area contributed by atoms with Crippen LogP contribution in [-0.2, 0) is 10.0 Å². The SMILES string of the molecule is Cc1noc(C)c1-c1cnc2c(-c3ccc(C(=O)O)cc3)cn(S(=O)(=O)c3ccccc3)c2c1. The molecule has 3 heterocycles. The molecule has 8 nitrogen and oxygen atoms in total. The van der Waals surface area contributed by atoms with Crippen LogP contribution in [0.4, 0.5) is 0 Å². The van der Waals surface area contributed by atoms with Crippen LogP contribution in [-0.4, -0.2) is 33.6 Å². The van der Waals surface area contributed by atoms with Gasteiger partial charge >= 0.3 is 5.97 Å². The summed E-state index contributed by atoms with van der Waals surface area (Å²) in [6.45, 7) is 3.60. The zero-order valence-corrected chi connectivity index (χ0v) is 19.1. The molecule has 5 rings (SSSR count). The molecule has 0 radical (unpaired) electrons. The molecule has 0 bridgehead atoms. The Balaban J connectivity index is 1.78. The lowest BCUT2D eigenvalue weighted by atomic mass is 10.0. The van der Waals surface area contributed by atoms with Crippen molar-refractivity contribution in [1.82, 2.24) is 14.1 Å². The summed E-state index contributed by atoms with van der Waals surface area (Å²) in [6.07, 6.45) is 3.18. The van der Waals surface area contributed by atoms with E-state index in [0.29, 0.717) is 39.2 Å². The minimum absolute atomic E-state index is 0.137. The number of fused-ring (bicyclic) bond motifs is 1. The van der Waals surface area contributed by atoms with Crippen LogP contribution in [0.3, 0.4) is 0 Å². The molecule has 0 spiro atoms. The molecule has 170 valence electrons. The van der Waals surface area contributed by atoms with E-state index < -0.39 is 16.0 Å². The molecular weight excluding hydrogens is 454 g/mol. The number of aromatic nitrogens is 3. The molecule has 0 fully saturated rings. The summed E-state index contributed by atoms with van der Waals surface area (Å²) < 4.78 is 33.7. The fraction of sp³-hybridized carbons (Fsp3) is 0.0800. The van der Waals surface area contributed by atoms with Crippen molar-refractivity contribution in [3.8, 4) is 22.3 Å². The normalized spacial score (nSPS) is 11.7. The predicted molar refractivity (Wildman–Crippen MR) is 126 cm³/mol. The van der Waals surface area contributed by atoms with Crippen LogP contribution in [0.5, 0.6) is 0 Å². The zero-order valence-electron chi connectivity index (χ0n) is 18.3. The molecule has 5 aromatic rings. The van der Waals surface area contributed by atoms with E-state index in [0.717, 1.165) is 5.56 Å². The lowest BCUT2D eigenvalue weighted by Gasteiger charge is -2.08. The van der Waals surface area contributed by atoms with Crippen LogP contribution < -0.4 is 0 Å². The molecular formula is C25H19N3O5S. The van der Waals surface area contributed by atoms with Gasteiger partial charge in [-0.05, 0) is 49.7 Å². The van der Waals surface area contributed by atoms with Crippen molar-refractivity contribution in [3.05, 3.63) is 90.1 Å². The monoisotopic (exact) mass is 473 g/mol. The standard InChI is InChI=1S/C25H19N3O5S/c1-15-23(16(2)33-27-15)19-12-22-24(26-13-19)21(17-8-10-18(11-9-17)25(29)30)14-28(22)34(31,32)20-6-4-3-5-7-20/h3-14H,1-2H3,(H,29,30). The molecule has 0 atom stereocenters. The molecule has 9 heteroatoms. The maximum Gasteiger partial charge on any atom is 0.335 e. The number of rotatable bonds is 5. The minimum Gasteiger partial charge on any atom is -0.478 e. The zero-order chi connectivity index (χ0) is 24.0. The summed E-state index contributed by atoms with van der Waals surface area (Å²) in [6, 6.07) is 16.1. The van der Waals surface area contributed by atoms with Crippen molar-refractivity contribution < 1.29 is 22.8 Å². The quantitative estimate of drug-likeness (QED) is 0.386. The highest BCUT2D eigenvalue weighted by Gasteiger charge is 2.24. The van der Waals surface area contributed by atoms with Crippen LogP contribution >= 0.6 is 0 Å². The van der Waals surface area contributed by atoms with Crippen molar-refractivity contribution in [2.24, 2.45) is 0 Å². The second kappa shape index (κ2) is 7.96. The third-order valence-corrected chi connectivity index (χ3v) is 7.36. The first kappa shape index (κ1) is 21.6. The number of carboxylic acid groups (broad SMARTS) is 1. The summed E-state index contributed by atoms with van der Waals surface area (Å²) in [5.41, 5.74) is 4.32. The summed E-state index contributed by atoms with van der Waals surface area (Å²) in [7, 11) is -3.94. The van der Waals surface area contributed by atoms with Gasteiger partial charge in [-0.1, -0.05) is 35.5 Å². The summed E-state index contributed by atoms with van der Waals surface area (Å²) in [5, 5.41) is 13.2. The van der Waals surface area contributed by atoms with Gasteiger partial charge in [-0.3, -0.25) is 4.98 Å². The largest absolute Gasteiger partial charge is 0.478 e. The van der Waals surface area contributed by atoms with Gasteiger partial charge in [0.25, 0.3) is 10.0 Å². The number of carboxylic acids is 1. The lowest BCUT2D eigenvalue weighted by Crippen LogP contribution is -2.11. The van der Waals surface area contributed by atoms with Crippen molar-refractivity contribution in [2.75, 3.05) is 0 Å². The van der Waals surface area contributed by atoms with Gasteiger partial charge in [-0.15, -0.1) is 0 Å². The fourth-order valence-corrected chi connectivity index (χ4v) is 5.39. The Bertz CT molecular complexity index is 1630. The minimum atomic E-state index is -3.94. The van der Waals surface area contributed by atoms with E-state index in [1.165, 1.54) is 34.4 Å². The summed E-state index contributed by atoms with van der Waals surface area (Å²) in [5.74, 6) is -0.435. The Morgan fingerprint density at radius 3 is 2.32 bits per heavy atom. The lowest BCUT2D eigenvalue weighted by molar-refractivity contribution is 0.0697. The fourth-order valence-electron chi connectivity index (χ4n) is 4.02. The Morgan fingerprint density at radius 2 is 1.71 bits per heavy atom. The highest BCUT2D eigenvalue weighted by Crippen LogP contribution is 2.35. The molecule has 34 heavy (non-hydrogen) atoms. The van der Waals surface area contributed by atoms with Gasteiger partial charge in [0, 0.05) is 29.1 Å². The van der Waals surface area contributed by atoms with Crippen LogP contribution in [0.25, 0.3) is 33.3 Å². The molecule has 1 N–H and O–H groups in total. The highest BCUT2D eigenvalue weighted by atomic mass is 32.2. The second-order valence-corrected chi connectivity index (χ2v) is 9.65. The van der Waals surface area contributed by atoms with Gasteiger partial charge in [0.2, 0.25) is 0 Å². The Morgan fingerprint density at radius 1 is 1.00 bits per heavy atom. The van der Waals surface area contributed by atoms with E-state index in [1.54, 1.807) is 49.5 Å². The van der Waals surface area contributed by atoms with Gasteiger partial charge in [0.05, 0.1) is 27.2 Å². The van der Waals surface area contributed by atoms with E-state index >= 15 is 0 Å². The van der Waals surface area contributed by atoms with E-state index in [-0.39, 0.29) is 10.5 Å². The number of aromatic carboxylic acids is 1. The van der Waals surface area contributed by atoms with E-state index in [4.69, 9.17) is 4.52 Å². The van der Waals surface area contributed by atoms with Crippen molar-refractivity contribution in [3.63, 3.8) is 0 Å². The Kier molecular flexibility index (Phi) is 5.06. The average Bonchev–Trinajstić information content (AvgIpc) is 3.39. The molecule has 0 aliphatic carbocycles. The van der Waals surface area contributed by atoms with Crippen molar-refractivity contribution in [2.45, 2.75) is 18.7 Å². The predicted octanol–water partition coefficient (Wildman–Crippen LogP) is 4.91. The molecule has 3 aromatic heterocycles. The Hall–Kier alpha value is -4.24. The third kappa shape index (κ3) is 3.46. The van der Waals surface area contributed by atoms with Crippen LogP contribution in [0, 0.1) is 13.8 Å². The smallest absolute Gasteiger partial charge is 0.335 e. The maximum absolute atomic E-state index is 13.6. The number of benzene rings is 2. The number of aryl methyl sites for hydroxylation is 2. The topological polar surface area (TPSA) is 115 Å². The number of carbonyl (C=O) groups is 1. The molecule has 2 aromatic carbocycles. The average molecular weight is 474 g/mol. The van der Waals surface area contributed by atoms with Crippen LogP contribution in [0.15, 0.2) is 82.5 Å². The molecule has 0 aliphatic heterocycles. The van der Waals surface area contributed by atoms with Gasteiger partial charge in [0.1, 0.15) is 5.76 Å². The van der Waals surface area contributed by atoms with E-state index in [9.17, 15) is 18.3 Å². The summed E-state index contributed by atoms with van der Waals surface area (Å²) in [4.78, 5) is 16.0.